The van der Waals surface area contributed by atoms with Crippen molar-refractivity contribution < 1.29 is 34.2 Å². The number of hydrogen-bond donors (Lipinski definition) is 10. The van der Waals surface area contributed by atoms with Crippen LogP contribution in [0.1, 0.15) is 50.6 Å². The number of unbranched alkanes of at least 4 members (excludes halogenated alkanes) is 1. The van der Waals surface area contributed by atoms with Crippen molar-refractivity contribution in [2.45, 2.75) is 75.5 Å². The minimum atomic E-state index is -1.24. The van der Waals surface area contributed by atoms with E-state index >= 15 is 0 Å². The zero-order chi connectivity index (χ0) is 30.1. The Bertz CT molecular complexity index is 998. The van der Waals surface area contributed by atoms with Crippen LogP contribution in [0.2, 0.25) is 0 Å². The molecule has 17 nitrogen and oxygen atoms in total. The quantitative estimate of drug-likeness (QED) is 0.0424. The first kappa shape index (κ1) is 33.8. The Morgan fingerprint density at radius 2 is 1.52 bits per heavy atom. The number of H-pyrrole nitrogens is 1. The molecule has 0 aliphatic carbocycles. The maximum absolute atomic E-state index is 13.3. The third kappa shape index (κ3) is 13.5. The van der Waals surface area contributed by atoms with Crippen molar-refractivity contribution in [3.8, 4) is 0 Å². The molecule has 14 N–H and O–H groups in total. The first-order valence-corrected chi connectivity index (χ1v) is 12.8. The summed E-state index contributed by atoms with van der Waals surface area (Å²) in [5.74, 6) is -4.80. The molecule has 4 unspecified atom stereocenters. The van der Waals surface area contributed by atoms with Gasteiger partial charge in [0.15, 0.2) is 5.96 Å². The smallest absolute Gasteiger partial charge is 0.326 e. The van der Waals surface area contributed by atoms with Gasteiger partial charge in [0.2, 0.25) is 17.7 Å². The number of imidazole rings is 1. The van der Waals surface area contributed by atoms with Crippen LogP contribution in [-0.4, -0.2) is 93.1 Å². The first-order chi connectivity index (χ1) is 18.9. The maximum Gasteiger partial charge on any atom is 0.326 e. The van der Waals surface area contributed by atoms with E-state index in [-0.39, 0.29) is 51.0 Å². The monoisotopic (exact) mass is 568 g/mol. The van der Waals surface area contributed by atoms with Crippen LogP contribution < -0.4 is 38.9 Å². The van der Waals surface area contributed by atoms with Gasteiger partial charge < -0.3 is 54.1 Å². The lowest BCUT2D eigenvalue weighted by Gasteiger charge is -2.25. The molecule has 1 rings (SSSR count). The van der Waals surface area contributed by atoms with Crippen LogP contribution in [0.15, 0.2) is 17.5 Å². The number of aliphatic carboxylic acids is 2. The Morgan fingerprint density at radius 1 is 0.900 bits per heavy atom. The molecule has 3 amide bonds. The molecule has 0 spiro atoms. The highest BCUT2D eigenvalue weighted by Gasteiger charge is 2.30. The van der Waals surface area contributed by atoms with Gasteiger partial charge >= 0.3 is 11.9 Å². The van der Waals surface area contributed by atoms with Crippen molar-refractivity contribution in [1.29, 1.82) is 0 Å². The summed E-state index contributed by atoms with van der Waals surface area (Å²) < 4.78 is 0. The van der Waals surface area contributed by atoms with Crippen molar-refractivity contribution in [2.75, 3.05) is 13.1 Å². The summed E-state index contributed by atoms with van der Waals surface area (Å²) in [4.78, 5) is 72.1. The first-order valence-electron chi connectivity index (χ1n) is 12.8. The summed E-state index contributed by atoms with van der Waals surface area (Å²) in [7, 11) is 0. The molecule has 0 saturated heterocycles. The van der Waals surface area contributed by atoms with E-state index in [4.69, 9.17) is 28.0 Å². The number of aromatic amines is 1. The van der Waals surface area contributed by atoms with Gasteiger partial charge in [-0.15, -0.1) is 0 Å². The lowest BCUT2D eigenvalue weighted by molar-refractivity contribution is -0.142. The minimum absolute atomic E-state index is 0.0480. The van der Waals surface area contributed by atoms with Crippen molar-refractivity contribution in [3.63, 3.8) is 0 Å². The number of aliphatic imine (C=N–C) groups is 1. The summed E-state index contributed by atoms with van der Waals surface area (Å²) in [5.41, 5.74) is 22.4. The number of guanidine groups is 1. The fourth-order valence-electron chi connectivity index (χ4n) is 3.58. The van der Waals surface area contributed by atoms with Gasteiger partial charge in [0, 0.05) is 31.3 Å². The van der Waals surface area contributed by atoms with Crippen LogP contribution in [0.5, 0.6) is 0 Å². The molecule has 17 heteroatoms. The van der Waals surface area contributed by atoms with Gasteiger partial charge in [-0.25, -0.2) is 9.78 Å². The normalized spacial score (nSPS) is 13.8. The molecule has 0 saturated carbocycles. The largest absolute Gasteiger partial charge is 0.481 e. The van der Waals surface area contributed by atoms with Crippen LogP contribution >= 0.6 is 0 Å². The molecule has 0 radical (unpaired) electrons. The van der Waals surface area contributed by atoms with Crippen LogP contribution in [0.4, 0.5) is 0 Å². The molecule has 0 fully saturated rings. The molecule has 40 heavy (non-hydrogen) atoms. The van der Waals surface area contributed by atoms with Crippen molar-refractivity contribution >= 4 is 35.6 Å². The zero-order valence-corrected chi connectivity index (χ0v) is 22.2. The molecular formula is C23H40N10O7. The average Bonchev–Trinajstić information content (AvgIpc) is 3.40. The molecule has 1 heterocycles. The highest BCUT2D eigenvalue weighted by Crippen LogP contribution is 2.07. The Morgan fingerprint density at radius 3 is 2.10 bits per heavy atom. The Hall–Kier alpha value is -4.25. The zero-order valence-electron chi connectivity index (χ0n) is 22.2. The van der Waals surface area contributed by atoms with E-state index in [2.05, 4.69) is 30.9 Å². The van der Waals surface area contributed by atoms with E-state index in [1.165, 1.54) is 12.5 Å². The summed E-state index contributed by atoms with van der Waals surface area (Å²) >= 11 is 0. The fourth-order valence-corrected chi connectivity index (χ4v) is 3.58. The maximum atomic E-state index is 13.3. The van der Waals surface area contributed by atoms with Crippen LogP contribution in [0.3, 0.4) is 0 Å². The van der Waals surface area contributed by atoms with Crippen molar-refractivity contribution in [1.82, 2.24) is 25.9 Å². The van der Waals surface area contributed by atoms with Crippen LogP contribution in [0.25, 0.3) is 0 Å². The van der Waals surface area contributed by atoms with Gasteiger partial charge in [-0.2, -0.15) is 0 Å². The Kier molecular flexibility index (Phi) is 15.3. The number of amides is 3. The van der Waals surface area contributed by atoms with Gasteiger partial charge in [-0.3, -0.25) is 24.2 Å². The molecule has 0 aromatic carbocycles. The lowest BCUT2D eigenvalue weighted by Crippen LogP contribution is -2.57. The minimum Gasteiger partial charge on any atom is -0.481 e. The number of rotatable bonds is 20. The third-order valence-electron chi connectivity index (χ3n) is 5.76. The summed E-state index contributed by atoms with van der Waals surface area (Å²) in [6.45, 7) is 0.515. The van der Waals surface area contributed by atoms with Gasteiger partial charge in [-0.1, -0.05) is 0 Å². The van der Waals surface area contributed by atoms with Crippen LogP contribution in [-0.2, 0) is 30.4 Å². The summed E-state index contributed by atoms with van der Waals surface area (Å²) in [5, 5.41) is 25.9. The molecule has 1 aromatic heterocycles. The second-order valence-corrected chi connectivity index (χ2v) is 9.07. The van der Waals surface area contributed by atoms with Gasteiger partial charge in [0.1, 0.15) is 18.1 Å². The number of carboxylic acids is 2. The highest BCUT2D eigenvalue weighted by atomic mass is 16.4. The molecule has 4 atom stereocenters. The predicted molar refractivity (Wildman–Crippen MR) is 143 cm³/mol. The summed E-state index contributed by atoms with van der Waals surface area (Å²) in [6.07, 6.45) is 3.75. The highest BCUT2D eigenvalue weighted by molar-refractivity contribution is 5.94. The number of hydrogen-bond acceptors (Lipinski definition) is 9. The SMILES string of the molecule is NCCCCC(NC(=O)C(CCCN=C(N)N)NC(=O)C(Cc1cnc[nH]1)NC(=O)C(N)CCC(=O)O)C(=O)O. The van der Waals surface area contributed by atoms with E-state index in [0.29, 0.717) is 25.1 Å². The molecule has 224 valence electrons. The van der Waals surface area contributed by atoms with Gasteiger partial charge in [0.05, 0.1) is 12.4 Å². The van der Waals surface area contributed by atoms with E-state index in [0.717, 1.165) is 0 Å². The van der Waals surface area contributed by atoms with Gasteiger partial charge in [-0.05, 0) is 45.1 Å². The number of nitrogens with two attached hydrogens (primary N) is 4. The second-order valence-electron chi connectivity index (χ2n) is 9.07. The van der Waals surface area contributed by atoms with E-state index < -0.39 is 53.8 Å². The number of carbonyl (C=O) groups excluding carboxylic acids is 3. The molecule has 0 aliphatic rings. The second kappa shape index (κ2) is 18.1. The molecular weight excluding hydrogens is 528 g/mol. The lowest BCUT2D eigenvalue weighted by atomic mass is 10.0. The van der Waals surface area contributed by atoms with Crippen molar-refractivity contribution in [3.05, 3.63) is 18.2 Å². The van der Waals surface area contributed by atoms with E-state index in [9.17, 15) is 29.1 Å². The standard InChI is InChI=1S/C23H40N10O7/c24-8-2-1-4-16(22(39)40)32-20(37)15(5-3-9-29-23(26)27)31-21(38)17(10-13-11-28-12-30-13)33-19(36)14(25)6-7-18(34)35/h11-12,14-17H,1-10,24-25H2,(H,28,30)(H,31,38)(H,32,37)(H,33,36)(H,34,35)(H,39,40)(H4,26,27,29). The number of nitrogens with one attached hydrogen (secondary N) is 4. The fraction of sp³-hybridized carbons (Fsp3) is 0.609. The topological polar surface area (TPSA) is 307 Å². The number of carbonyl (C=O) groups is 5. The van der Waals surface area contributed by atoms with Gasteiger partial charge in [0.25, 0.3) is 0 Å². The van der Waals surface area contributed by atoms with E-state index in [1.807, 2.05) is 0 Å². The molecule has 0 bridgehead atoms. The van der Waals surface area contributed by atoms with Crippen molar-refractivity contribution in [2.24, 2.45) is 27.9 Å². The van der Waals surface area contributed by atoms with E-state index in [1.54, 1.807) is 0 Å². The third-order valence-corrected chi connectivity index (χ3v) is 5.76. The average molecular weight is 569 g/mol. The summed E-state index contributed by atoms with van der Waals surface area (Å²) in [6, 6.07) is -4.82. The Balaban J connectivity index is 3.07. The number of carboxylic acid groups (broad SMARTS) is 2. The predicted octanol–water partition coefficient (Wildman–Crippen LogP) is -3.13. The van der Waals surface area contributed by atoms with Crippen LogP contribution in [0, 0.1) is 0 Å². The molecule has 0 aliphatic heterocycles. The number of nitrogens with zero attached hydrogens (tertiary/aromatic N) is 2. The Labute approximate surface area is 230 Å². The molecule has 1 aromatic rings. The number of aromatic nitrogens is 2.